The quantitative estimate of drug-likeness (QED) is 0.796. The standard InChI is InChI=1S/C13H14FNO2/c1-3-7-15(8-4-2)13(17)11-9-10(14)5-6-12(11)16/h3-6,9,16H,1-2,7-8H2. The highest BCUT2D eigenvalue weighted by molar-refractivity contribution is 5.97. The van der Waals surface area contributed by atoms with E-state index in [1.54, 1.807) is 12.2 Å². The Bertz CT molecular complexity index is 433. The van der Waals surface area contributed by atoms with E-state index >= 15 is 0 Å². The molecule has 0 bridgehead atoms. The van der Waals surface area contributed by atoms with Gasteiger partial charge in [0.15, 0.2) is 0 Å². The van der Waals surface area contributed by atoms with Crippen molar-refractivity contribution in [2.75, 3.05) is 13.1 Å². The monoisotopic (exact) mass is 235 g/mol. The Balaban J connectivity index is 3.03. The Labute approximate surface area is 99.5 Å². The zero-order valence-corrected chi connectivity index (χ0v) is 9.40. The summed E-state index contributed by atoms with van der Waals surface area (Å²) in [7, 11) is 0. The molecule has 17 heavy (non-hydrogen) atoms. The number of rotatable bonds is 5. The van der Waals surface area contributed by atoms with Crippen molar-refractivity contribution in [3.63, 3.8) is 0 Å². The van der Waals surface area contributed by atoms with Crippen LogP contribution in [-0.4, -0.2) is 29.0 Å². The summed E-state index contributed by atoms with van der Waals surface area (Å²) in [6.07, 6.45) is 3.11. The molecular weight excluding hydrogens is 221 g/mol. The molecule has 0 radical (unpaired) electrons. The number of benzene rings is 1. The van der Waals surface area contributed by atoms with E-state index in [1.807, 2.05) is 0 Å². The molecule has 0 aliphatic carbocycles. The summed E-state index contributed by atoms with van der Waals surface area (Å²) in [5.41, 5.74) is -0.0614. The molecule has 0 aliphatic rings. The van der Waals surface area contributed by atoms with Gasteiger partial charge >= 0.3 is 0 Å². The number of hydrogen-bond donors (Lipinski definition) is 1. The number of halogens is 1. The Morgan fingerprint density at radius 1 is 1.35 bits per heavy atom. The maximum atomic E-state index is 13.0. The smallest absolute Gasteiger partial charge is 0.258 e. The fraction of sp³-hybridized carbons (Fsp3) is 0.154. The number of carbonyl (C=O) groups excluding carboxylic acids is 1. The van der Waals surface area contributed by atoms with Gasteiger partial charge in [-0.05, 0) is 18.2 Å². The maximum absolute atomic E-state index is 13.0. The highest BCUT2D eigenvalue weighted by Gasteiger charge is 2.17. The highest BCUT2D eigenvalue weighted by Crippen LogP contribution is 2.19. The minimum absolute atomic E-state index is 0.0614. The molecule has 1 N–H and O–H groups in total. The summed E-state index contributed by atoms with van der Waals surface area (Å²) < 4.78 is 13.0. The van der Waals surface area contributed by atoms with Crippen LogP contribution in [0.4, 0.5) is 4.39 Å². The van der Waals surface area contributed by atoms with Gasteiger partial charge in [0.25, 0.3) is 5.91 Å². The van der Waals surface area contributed by atoms with Crippen molar-refractivity contribution in [3.8, 4) is 5.75 Å². The van der Waals surface area contributed by atoms with Crippen LogP contribution in [0, 0.1) is 5.82 Å². The van der Waals surface area contributed by atoms with E-state index in [0.29, 0.717) is 13.1 Å². The molecule has 1 rings (SSSR count). The van der Waals surface area contributed by atoms with Gasteiger partial charge in [-0.3, -0.25) is 4.79 Å². The highest BCUT2D eigenvalue weighted by atomic mass is 19.1. The van der Waals surface area contributed by atoms with Crippen molar-refractivity contribution in [2.45, 2.75) is 0 Å². The second-order valence-corrected chi connectivity index (χ2v) is 3.45. The van der Waals surface area contributed by atoms with Crippen LogP contribution in [-0.2, 0) is 0 Å². The average molecular weight is 235 g/mol. The average Bonchev–Trinajstić information content (AvgIpc) is 2.31. The first-order valence-corrected chi connectivity index (χ1v) is 5.09. The molecule has 1 amide bonds. The van der Waals surface area contributed by atoms with Crippen LogP contribution in [0.2, 0.25) is 0 Å². The van der Waals surface area contributed by atoms with Crippen molar-refractivity contribution in [1.29, 1.82) is 0 Å². The topological polar surface area (TPSA) is 40.5 Å². The number of nitrogens with zero attached hydrogens (tertiary/aromatic N) is 1. The summed E-state index contributed by atoms with van der Waals surface area (Å²) in [4.78, 5) is 13.4. The van der Waals surface area contributed by atoms with Crippen LogP contribution >= 0.6 is 0 Å². The molecule has 1 aromatic rings. The third kappa shape index (κ3) is 3.17. The van der Waals surface area contributed by atoms with E-state index < -0.39 is 11.7 Å². The molecular formula is C13H14FNO2. The van der Waals surface area contributed by atoms with Gasteiger partial charge in [-0.2, -0.15) is 0 Å². The number of amides is 1. The molecule has 0 aromatic heterocycles. The van der Waals surface area contributed by atoms with Gasteiger partial charge in [-0.1, -0.05) is 12.2 Å². The van der Waals surface area contributed by atoms with Crippen LogP contribution in [0.25, 0.3) is 0 Å². The minimum Gasteiger partial charge on any atom is -0.507 e. The molecule has 0 aliphatic heterocycles. The molecule has 90 valence electrons. The van der Waals surface area contributed by atoms with Crippen molar-refractivity contribution >= 4 is 5.91 Å². The molecule has 3 nitrogen and oxygen atoms in total. The number of phenols is 1. The molecule has 0 atom stereocenters. The lowest BCUT2D eigenvalue weighted by Gasteiger charge is -2.19. The Kier molecular flexibility index (Phi) is 4.46. The van der Waals surface area contributed by atoms with E-state index in [0.717, 1.165) is 18.2 Å². The first-order valence-electron chi connectivity index (χ1n) is 5.09. The maximum Gasteiger partial charge on any atom is 0.258 e. The summed E-state index contributed by atoms with van der Waals surface area (Å²) in [6, 6.07) is 3.26. The Morgan fingerprint density at radius 2 is 1.94 bits per heavy atom. The zero-order valence-electron chi connectivity index (χ0n) is 9.40. The third-order valence-electron chi connectivity index (χ3n) is 2.18. The van der Waals surface area contributed by atoms with Gasteiger partial charge in [0.2, 0.25) is 0 Å². The van der Waals surface area contributed by atoms with E-state index in [2.05, 4.69) is 13.2 Å². The molecule has 0 heterocycles. The number of hydrogen-bond acceptors (Lipinski definition) is 2. The van der Waals surface area contributed by atoms with Gasteiger partial charge in [0, 0.05) is 13.1 Å². The molecule has 0 spiro atoms. The fourth-order valence-corrected chi connectivity index (χ4v) is 1.40. The second kappa shape index (κ2) is 5.84. The number of phenolic OH excluding ortho intramolecular Hbond substituents is 1. The van der Waals surface area contributed by atoms with Crippen LogP contribution in [0.15, 0.2) is 43.5 Å². The molecule has 0 saturated heterocycles. The van der Waals surface area contributed by atoms with Crippen LogP contribution in [0.5, 0.6) is 5.75 Å². The predicted octanol–water partition coefficient (Wildman–Crippen LogP) is 2.35. The predicted molar refractivity (Wildman–Crippen MR) is 64.4 cm³/mol. The van der Waals surface area contributed by atoms with Gasteiger partial charge < -0.3 is 10.0 Å². The number of aromatic hydroxyl groups is 1. The molecule has 0 unspecified atom stereocenters. The van der Waals surface area contributed by atoms with E-state index in [9.17, 15) is 14.3 Å². The minimum atomic E-state index is -0.566. The summed E-state index contributed by atoms with van der Waals surface area (Å²) in [5.74, 6) is -1.26. The lowest BCUT2D eigenvalue weighted by atomic mass is 10.1. The molecule has 4 heteroatoms. The SMILES string of the molecule is C=CCN(CC=C)C(=O)c1cc(F)ccc1O. The van der Waals surface area contributed by atoms with E-state index in [-0.39, 0.29) is 11.3 Å². The van der Waals surface area contributed by atoms with Crippen LogP contribution < -0.4 is 0 Å². The van der Waals surface area contributed by atoms with Gasteiger partial charge in [0.1, 0.15) is 11.6 Å². The number of carbonyl (C=O) groups is 1. The van der Waals surface area contributed by atoms with E-state index in [4.69, 9.17) is 0 Å². The largest absolute Gasteiger partial charge is 0.507 e. The lowest BCUT2D eigenvalue weighted by Crippen LogP contribution is -2.31. The molecule has 0 fully saturated rings. The van der Waals surface area contributed by atoms with Gasteiger partial charge in [-0.15, -0.1) is 13.2 Å². The second-order valence-electron chi connectivity index (χ2n) is 3.45. The third-order valence-corrected chi connectivity index (χ3v) is 2.18. The van der Waals surface area contributed by atoms with Crippen LogP contribution in [0.1, 0.15) is 10.4 Å². The summed E-state index contributed by atoms with van der Waals surface area (Å²) >= 11 is 0. The zero-order chi connectivity index (χ0) is 12.8. The summed E-state index contributed by atoms with van der Waals surface area (Å²) in [6.45, 7) is 7.68. The fourth-order valence-electron chi connectivity index (χ4n) is 1.40. The van der Waals surface area contributed by atoms with Crippen molar-refractivity contribution in [2.24, 2.45) is 0 Å². The Morgan fingerprint density at radius 3 is 2.47 bits per heavy atom. The first kappa shape index (κ1) is 13.0. The lowest BCUT2D eigenvalue weighted by molar-refractivity contribution is 0.0787. The first-order chi connectivity index (χ1) is 8.10. The molecule has 0 saturated carbocycles. The van der Waals surface area contributed by atoms with E-state index in [1.165, 1.54) is 4.90 Å². The molecule has 1 aromatic carbocycles. The van der Waals surface area contributed by atoms with Crippen LogP contribution in [0.3, 0.4) is 0 Å². The van der Waals surface area contributed by atoms with Crippen molar-refractivity contribution in [1.82, 2.24) is 4.90 Å². The normalized spacial score (nSPS) is 9.71. The van der Waals surface area contributed by atoms with Gasteiger partial charge in [-0.25, -0.2) is 4.39 Å². The van der Waals surface area contributed by atoms with Crippen molar-refractivity contribution in [3.05, 3.63) is 54.9 Å². The van der Waals surface area contributed by atoms with Crippen molar-refractivity contribution < 1.29 is 14.3 Å². The Hall–Kier alpha value is -2.10. The van der Waals surface area contributed by atoms with Gasteiger partial charge in [0.05, 0.1) is 5.56 Å². The summed E-state index contributed by atoms with van der Waals surface area (Å²) in [5, 5.41) is 9.52.